The molecule has 0 radical (unpaired) electrons. The van der Waals surface area contributed by atoms with E-state index < -0.39 is 4.92 Å². The van der Waals surface area contributed by atoms with Gasteiger partial charge in [-0.2, -0.15) is 5.26 Å². The third kappa shape index (κ3) is 2.53. The second-order valence-corrected chi connectivity index (χ2v) is 4.41. The summed E-state index contributed by atoms with van der Waals surface area (Å²) in [5, 5.41) is 27.3. The van der Waals surface area contributed by atoms with Gasteiger partial charge in [-0.1, -0.05) is 0 Å². The average Bonchev–Trinajstić information content (AvgIpc) is 3.05. The summed E-state index contributed by atoms with van der Waals surface area (Å²) in [6, 6.07) is 14.6. The van der Waals surface area contributed by atoms with Gasteiger partial charge in [-0.25, -0.2) is 0 Å². The maximum atomic E-state index is 10.6. The highest BCUT2D eigenvalue weighted by Crippen LogP contribution is 2.25. The van der Waals surface area contributed by atoms with Crippen LogP contribution in [0.15, 0.2) is 52.9 Å². The molecule has 0 aliphatic carbocycles. The lowest BCUT2D eigenvalue weighted by atomic mass is 10.1. The number of rotatable bonds is 3. The second kappa shape index (κ2) is 5.46. The molecule has 0 aliphatic rings. The van der Waals surface area contributed by atoms with Crippen LogP contribution < -0.4 is 0 Å². The standard InChI is InChI=1S/C15H8N4O3/c16-9-10-1-3-11(4-2-10)14-17-18-15(22-14)12-5-7-13(8-6-12)19(20)21/h1-8H. The van der Waals surface area contributed by atoms with E-state index in [2.05, 4.69) is 10.2 Å². The molecule has 7 nitrogen and oxygen atoms in total. The molecule has 0 atom stereocenters. The van der Waals surface area contributed by atoms with Crippen LogP contribution in [0.25, 0.3) is 22.9 Å². The van der Waals surface area contributed by atoms with E-state index in [1.807, 2.05) is 6.07 Å². The van der Waals surface area contributed by atoms with Crippen molar-refractivity contribution in [1.29, 1.82) is 5.26 Å². The molecule has 106 valence electrons. The topological polar surface area (TPSA) is 106 Å². The first-order chi connectivity index (χ1) is 10.7. The van der Waals surface area contributed by atoms with Crippen molar-refractivity contribution >= 4 is 5.69 Å². The van der Waals surface area contributed by atoms with Crippen molar-refractivity contribution in [3.8, 4) is 29.0 Å². The Labute approximate surface area is 124 Å². The number of aromatic nitrogens is 2. The lowest BCUT2D eigenvalue weighted by molar-refractivity contribution is -0.384. The summed E-state index contributed by atoms with van der Waals surface area (Å²) in [7, 11) is 0. The third-order valence-corrected chi connectivity index (χ3v) is 3.01. The van der Waals surface area contributed by atoms with Gasteiger partial charge in [-0.05, 0) is 36.4 Å². The van der Waals surface area contributed by atoms with E-state index in [0.29, 0.717) is 22.6 Å². The molecule has 0 fully saturated rings. The Morgan fingerprint density at radius 3 is 1.91 bits per heavy atom. The highest BCUT2D eigenvalue weighted by atomic mass is 16.6. The SMILES string of the molecule is N#Cc1ccc(-c2nnc(-c3ccc([N+](=O)[O-])cc3)o2)cc1. The van der Waals surface area contributed by atoms with Gasteiger partial charge in [0.05, 0.1) is 16.6 Å². The molecule has 1 aromatic heterocycles. The van der Waals surface area contributed by atoms with Gasteiger partial charge in [-0.3, -0.25) is 10.1 Å². The van der Waals surface area contributed by atoms with Crippen LogP contribution in [-0.2, 0) is 0 Å². The Balaban J connectivity index is 1.89. The summed E-state index contributed by atoms with van der Waals surface area (Å²) < 4.78 is 5.55. The fourth-order valence-corrected chi connectivity index (χ4v) is 1.87. The smallest absolute Gasteiger partial charge is 0.269 e. The average molecular weight is 292 g/mol. The van der Waals surface area contributed by atoms with Crippen molar-refractivity contribution < 1.29 is 9.34 Å². The number of nitro benzene ring substituents is 1. The molecule has 22 heavy (non-hydrogen) atoms. The Hall–Kier alpha value is -3.53. The van der Waals surface area contributed by atoms with Gasteiger partial charge in [0.25, 0.3) is 5.69 Å². The number of non-ortho nitro benzene ring substituents is 1. The van der Waals surface area contributed by atoms with Crippen LogP contribution in [0.2, 0.25) is 0 Å². The lowest BCUT2D eigenvalue weighted by Gasteiger charge is -1.95. The normalized spacial score (nSPS) is 10.1. The van der Waals surface area contributed by atoms with Crippen LogP contribution in [0.5, 0.6) is 0 Å². The highest BCUT2D eigenvalue weighted by molar-refractivity contribution is 5.59. The summed E-state index contributed by atoms with van der Waals surface area (Å²) in [5.41, 5.74) is 1.83. The Morgan fingerprint density at radius 2 is 1.45 bits per heavy atom. The molecule has 0 N–H and O–H groups in total. The van der Waals surface area contributed by atoms with Gasteiger partial charge >= 0.3 is 0 Å². The number of hydrogen-bond donors (Lipinski definition) is 0. The molecule has 0 saturated heterocycles. The molecule has 0 aliphatic heterocycles. The molecule has 0 spiro atoms. The second-order valence-electron chi connectivity index (χ2n) is 4.41. The highest BCUT2D eigenvalue weighted by Gasteiger charge is 2.12. The van der Waals surface area contributed by atoms with Gasteiger partial charge < -0.3 is 4.42 Å². The van der Waals surface area contributed by atoms with Crippen LogP contribution >= 0.6 is 0 Å². The van der Waals surface area contributed by atoms with E-state index in [1.54, 1.807) is 36.4 Å². The molecule has 3 aromatic rings. The maximum absolute atomic E-state index is 10.6. The van der Waals surface area contributed by atoms with Crippen molar-refractivity contribution in [2.45, 2.75) is 0 Å². The largest absolute Gasteiger partial charge is 0.416 e. The van der Waals surface area contributed by atoms with Gasteiger partial charge in [0.2, 0.25) is 11.8 Å². The molecule has 0 saturated carbocycles. The lowest BCUT2D eigenvalue weighted by Crippen LogP contribution is -1.87. The molecule has 2 aromatic carbocycles. The van der Waals surface area contributed by atoms with Crippen molar-refractivity contribution in [2.75, 3.05) is 0 Å². The van der Waals surface area contributed by atoms with Crippen LogP contribution in [-0.4, -0.2) is 15.1 Å². The van der Waals surface area contributed by atoms with Crippen LogP contribution in [0, 0.1) is 21.4 Å². The molecule has 0 amide bonds. The fourth-order valence-electron chi connectivity index (χ4n) is 1.87. The number of benzene rings is 2. The maximum Gasteiger partial charge on any atom is 0.269 e. The monoisotopic (exact) mass is 292 g/mol. The summed E-state index contributed by atoms with van der Waals surface area (Å²) in [4.78, 5) is 10.1. The molecular weight excluding hydrogens is 284 g/mol. The summed E-state index contributed by atoms with van der Waals surface area (Å²) in [6.07, 6.45) is 0. The van der Waals surface area contributed by atoms with Crippen LogP contribution in [0.1, 0.15) is 5.56 Å². The first kappa shape index (κ1) is 13.5. The number of hydrogen-bond acceptors (Lipinski definition) is 6. The molecule has 0 unspecified atom stereocenters. The third-order valence-electron chi connectivity index (χ3n) is 3.01. The molecule has 7 heteroatoms. The fraction of sp³-hybridized carbons (Fsp3) is 0. The quantitative estimate of drug-likeness (QED) is 0.542. The van der Waals surface area contributed by atoms with Crippen molar-refractivity contribution in [2.24, 2.45) is 0 Å². The van der Waals surface area contributed by atoms with Crippen molar-refractivity contribution in [3.05, 3.63) is 64.2 Å². The molecule has 0 bridgehead atoms. The van der Waals surface area contributed by atoms with E-state index in [-0.39, 0.29) is 11.6 Å². The number of nitrogens with zero attached hydrogens (tertiary/aromatic N) is 4. The zero-order valence-electron chi connectivity index (χ0n) is 11.1. The predicted molar refractivity (Wildman–Crippen MR) is 76.5 cm³/mol. The minimum atomic E-state index is -0.472. The zero-order chi connectivity index (χ0) is 15.5. The Kier molecular flexibility index (Phi) is 3.34. The van der Waals surface area contributed by atoms with E-state index in [4.69, 9.17) is 9.68 Å². The van der Waals surface area contributed by atoms with E-state index in [9.17, 15) is 10.1 Å². The summed E-state index contributed by atoms with van der Waals surface area (Å²) >= 11 is 0. The molecular formula is C15H8N4O3. The van der Waals surface area contributed by atoms with Crippen LogP contribution in [0.3, 0.4) is 0 Å². The van der Waals surface area contributed by atoms with E-state index in [1.165, 1.54) is 12.1 Å². The van der Waals surface area contributed by atoms with Crippen molar-refractivity contribution in [3.63, 3.8) is 0 Å². The number of nitriles is 1. The van der Waals surface area contributed by atoms with Crippen molar-refractivity contribution in [1.82, 2.24) is 10.2 Å². The summed E-state index contributed by atoms with van der Waals surface area (Å²) in [6.45, 7) is 0. The van der Waals surface area contributed by atoms with Gasteiger partial charge in [0.1, 0.15) is 0 Å². The van der Waals surface area contributed by atoms with Gasteiger partial charge in [0.15, 0.2) is 0 Å². The first-order valence-electron chi connectivity index (χ1n) is 6.26. The minimum absolute atomic E-state index is 0.00409. The Bertz CT molecular complexity index is 861. The summed E-state index contributed by atoms with van der Waals surface area (Å²) in [5.74, 6) is 0.590. The minimum Gasteiger partial charge on any atom is -0.416 e. The zero-order valence-corrected chi connectivity index (χ0v) is 11.1. The van der Waals surface area contributed by atoms with Gasteiger partial charge in [0, 0.05) is 23.3 Å². The van der Waals surface area contributed by atoms with Gasteiger partial charge in [-0.15, -0.1) is 10.2 Å². The first-order valence-corrected chi connectivity index (χ1v) is 6.26. The van der Waals surface area contributed by atoms with Crippen LogP contribution in [0.4, 0.5) is 5.69 Å². The molecule has 3 rings (SSSR count). The van der Waals surface area contributed by atoms with E-state index >= 15 is 0 Å². The van der Waals surface area contributed by atoms with E-state index in [0.717, 1.165) is 0 Å². The number of nitro groups is 1. The predicted octanol–water partition coefficient (Wildman–Crippen LogP) is 3.18. The molecule has 1 heterocycles. The Morgan fingerprint density at radius 1 is 0.955 bits per heavy atom.